The van der Waals surface area contributed by atoms with E-state index in [1.54, 1.807) is 0 Å². The quantitative estimate of drug-likeness (QED) is 0.529. The average molecular weight is 470 g/mol. The first kappa shape index (κ1) is 22.6. The summed E-state index contributed by atoms with van der Waals surface area (Å²) in [6, 6.07) is 12.1. The van der Waals surface area contributed by atoms with E-state index in [4.69, 9.17) is 4.84 Å². The lowest BCUT2D eigenvalue weighted by Crippen LogP contribution is -2.54. The molecule has 3 fully saturated rings. The van der Waals surface area contributed by atoms with Gasteiger partial charge in [-0.05, 0) is 30.5 Å². The Labute approximate surface area is 194 Å². The molecule has 5 rings (SSSR count). The molecule has 6 atom stereocenters. The Morgan fingerprint density at radius 1 is 1.00 bits per heavy atom. The molecule has 2 amide bonds. The highest BCUT2D eigenvalue weighted by Crippen LogP contribution is 2.50. The molecule has 1 heterocycles. The third-order valence-electron chi connectivity index (χ3n) is 7.19. The first-order valence-corrected chi connectivity index (χ1v) is 11.3. The molecular formula is C25H24F2N2O5. The predicted octanol–water partition coefficient (Wildman–Crippen LogP) is 2.79. The summed E-state index contributed by atoms with van der Waals surface area (Å²) in [4.78, 5) is 32.8. The fourth-order valence-electron chi connectivity index (χ4n) is 5.64. The number of hydrogen-bond acceptors (Lipinski definition) is 6. The number of amides is 2. The summed E-state index contributed by atoms with van der Waals surface area (Å²) in [5.41, 5.74) is 1.13. The highest BCUT2D eigenvalue weighted by Gasteiger charge is 2.60. The largest absolute Gasteiger partial charge is 0.391 e. The molecule has 34 heavy (non-hydrogen) atoms. The van der Waals surface area contributed by atoms with E-state index in [-0.39, 0.29) is 24.6 Å². The van der Waals surface area contributed by atoms with Crippen LogP contribution in [-0.4, -0.2) is 39.9 Å². The molecule has 0 unspecified atom stereocenters. The molecule has 0 spiro atoms. The van der Waals surface area contributed by atoms with Crippen LogP contribution >= 0.6 is 0 Å². The van der Waals surface area contributed by atoms with Crippen molar-refractivity contribution in [2.45, 2.75) is 38.1 Å². The number of aliphatic hydroxyl groups is 2. The van der Waals surface area contributed by atoms with Crippen LogP contribution in [0.2, 0.25) is 0 Å². The minimum atomic E-state index is -1.25. The molecule has 9 heteroatoms. The minimum Gasteiger partial charge on any atom is -0.391 e. The highest BCUT2D eigenvalue weighted by atomic mass is 19.1. The molecule has 1 saturated heterocycles. The van der Waals surface area contributed by atoms with Crippen molar-refractivity contribution in [2.24, 2.45) is 28.8 Å². The Kier molecular flexibility index (Phi) is 5.91. The molecule has 2 aliphatic carbocycles. The van der Waals surface area contributed by atoms with E-state index in [1.807, 2.05) is 30.3 Å². The molecule has 2 N–H and O–H groups in total. The van der Waals surface area contributed by atoms with Crippen molar-refractivity contribution in [3.05, 3.63) is 65.7 Å². The summed E-state index contributed by atoms with van der Waals surface area (Å²) in [5.74, 6) is -5.92. The molecule has 7 nitrogen and oxygen atoms in total. The zero-order valence-electron chi connectivity index (χ0n) is 18.2. The van der Waals surface area contributed by atoms with Crippen LogP contribution in [0.3, 0.4) is 0 Å². The second-order valence-corrected chi connectivity index (χ2v) is 9.10. The summed E-state index contributed by atoms with van der Waals surface area (Å²) in [5, 5.41) is 25.6. The van der Waals surface area contributed by atoms with Crippen molar-refractivity contribution in [2.75, 3.05) is 4.90 Å². The first-order valence-electron chi connectivity index (χ1n) is 11.3. The third-order valence-corrected chi connectivity index (χ3v) is 7.19. The third kappa shape index (κ3) is 3.78. The molecule has 0 aromatic heterocycles. The topological polar surface area (TPSA) is 99.4 Å². The number of nitrogens with zero attached hydrogens (tertiary/aromatic N) is 2. The van der Waals surface area contributed by atoms with Crippen LogP contribution in [0.1, 0.15) is 24.8 Å². The smallest absolute Gasteiger partial charge is 0.238 e. The molecule has 3 aliphatic rings. The standard InChI is InChI=1S/C25H24F2N2O5/c26-14-6-9-19(17(27)10-14)29-24(32)16-8-7-15-18(28-34-12-13-4-2-1-3-5-13)11-20(30)23(31)21(15)22(16)25(29)33/h1-6,9-10,15-16,20-23,30-31H,7-8,11-12H2/b28-18+/t15-,16-,20-,21+,22-,23-/m1/s1. The van der Waals surface area contributed by atoms with Crippen LogP contribution in [0, 0.1) is 35.3 Å². The summed E-state index contributed by atoms with van der Waals surface area (Å²) >= 11 is 0. The van der Waals surface area contributed by atoms with Crippen molar-refractivity contribution in [1.82, 2.24) is 0 Å². The number of anilines is 1. The van der Waals surface area contributed by atoms with Crippen molar-refractivity contribution in [1.29, 1.82) is 0 Å². The fourth-order valence-corrected chi connectivity index (χ4v) is 5.64. The maximum Gasteiger partial charge on any atom is 0.238 e. The Morgan fingerprint density at radius 2 is 1.74 bits per heavy atom. The fraction of sp³-hybridized carbons (Fsp3) is 0.400. The van der Waals surface area contributed by atoms with Gasteiger partial charge in [0.25, 0.3) is 0 Å². The zero-order valence-corrected chi connectivity index (χ0v) is 18.2. The lowest BCUT2D eigenvalue weighted by atomic mass is 9.60. The molecule has 0 bridgehead atoms. The number of aliphatic hydroxyl groups excluding tert-OH is 2. The van der Waals surface area contributed by atoms with Crippen molar-refractivity contribution in [3.8, 4) is 0 Å². The predicted molar refractivity (Wildman–Crippen MR) is 117 cm³/mol. The number of imide groups is 1. The number of halogens is 2. The van der Waals surface area contributed by atoms with Gasteiger partial charge in [-0.15, -0.1) is 0 Å². The minimum absolute atomic E-state index is 0.0902. The Balaban J connectivity index is 1.42. The number of rotatable bonds is 4. The molecule has 178 valence electrons. The number of hydrogen-bond donors (Lipinski definition) is 2. The van der Waals surface area contributed by atoms with Crippen molar-refractivity contribution in [3.63, 3.8) is 0 Å². The van der Waals surface area contributed by atoms with Gasteiger partial charge >= 0.3 is 0 Å². The van der Waals surface area contributed by atoms with Gasteiger partial charge in [0, 0.05) is 24.3 Å². The van der Waals surface area contributed by atoms with Gasteiger partial charge < -0.3 is 15.1 Å². The summed E-state index contributed by atoms with van der Waals surface area (Å²) < 4.78 is 27.8. The van der Waals surface area contributed by atoms with Gasteiger partial charge in [0.1, 0.15) is 18.2 Å². The molecule has 0 radical (unpaired) electrons. The second-order valence-electron chi connectivity index (χ2n) is 9.10. The molecule has 1 aliphatic heterocycles. The summed E-state index contributed by atoms with van der Waals surface area (Å²) in [7, 11) is 0. The van der Waals surface area contributed by atoms with E-state index in [9.17, 15) is 28.6 Å². The summed E-state index contributed by atoms with van der Waals surface area (Å²) in [6.07, 6.45) is -1.54. The van der Waals surface area contributed by atoms with E-state index in [2.05, 4.69) is 5.16 Å². The van der Waals surface area contributed by atoms with Gasteiger partial charge in [0.15, 0.2) is 0 Å². The molecule has 2 aromatic carbocycles. The molecular weight excluding hydrogens is 446 g/mol. The number of carbonyl (C=O) groups excluding carboxylic acids is 2. The first-order chi connectivity index (χ1) is 16.4. The van der Waals surface area contributed by atoms with Gasteiger partial charge in [-0.2, -0.15) is 0 Å². The molecule has 2 saturated carbocycles. The van der Waals surface area contributed by atoms with Gasteiger partial charge in [0.2, 0.25) is 11.8 Å². The monoisotopic (exact) mass is 470 g/mol. The number of carbonyl (C=O) groups is 2. The van der Waals surface area contributed by atoms with Crippen LogP contribution in [0.5, 0.6) is 0 Å². The summed E-state index contributed by atoms with van der Waals surface area (Å²) in [6.45, 7) is 0.224. The van der Waals surface area contributed by atoms with Gasteiger partial charge in [-0.1, -0.05) is 35.5 Å². The van der Waals surface area contributed by atoms with E-state index >= 15 is 0 Å². The Morgan fingerprint density at radius 3 is 2.47 bits per heavy atom. The number of benzene rings is 2. The van der Waals surface area contributed by atoms with E-state index in [1.165, 1.54) is 0 Å². The average Bonchev–Trinajstić information content (AvgIpc) is 3.07. The Bertz CT molecular complexity index is 1140. The van der Waals surface area contributed by atoms with Gasteiger partial charge in [-0.3, -0.25) is 9.59 Å². The lowest BCUT2D eigenvalue weighted by Gasteiger charge is -2.45. The van der Waals surface area contributed by atoms with Gasteiger partial charge in [-0.25, -0.2) is 13.7 Å². The second kappa shape index (κ2) is 8.88. The SMILES string of the molecule is O=C1[C@H]2[C@H]3[C@H](O)[C@H](O)C/C(=N\OCc4ccccc4)[C@H]3CC[C@H]2C(=O)N1c1ccc(F)cc1F. The lowest BCUT2D eigenvalue weighted by molar-refractivity contribution is -0.132. The van der Waals surface area contributed by atoms with Crippen LogP contribution in [0.4, 0.5) is 14.5 Å². The zero-order chi connectivity index (χ0) is 24.0. The van der Waals surface area contributed by atoms with Crippen LogP contribution in [0.15, 0.2) is 53.7 Å². The maximum absolute atomic E-state index is 14.4. The van der Waals surface area contributed by atoms with Crippen LogP contribution in [-0.2, 0) is 21.0 Å². The maximum atomic E-state index is 14.4. The molecule has 2 aromatic rings. The van der Waals surface area contributed by atoms with E-state index in [0.717, 1.165) is 22.6 Å². The van der Waals surface area contributed by atoms with Crippen molar-refractivity contribution < 1.29 is 33.4 Å². The van der Waals surface area contributed by atoms with E-state index in [0.29, 0.717) is 24.6 Å². The number of fused-ring (bicyclic) bond motifs is 3. The van der Waals surface area contributed by atoms with E-state index < -0.39 is 53.4 Å². The normalized spacial score (nSPS) is 32.0. The Hall–Kier alpha value is -3.17. The van der Waals surface area contributed by atoms with Crippen molar-refractivity contribution >= 4 is 23.2 Å². The number of oxime groups is 1. The van der Waals surface area contributed by atoms with Crippen LogP contribution < -0.4 is 4.90 Å². The highest BCUT2D eigenvalue weighted by molar-refractivity contribution is 6.22. The van der Waals surface area contributed by atoms with Crippen LogP contribution in [0.25, 0.3) is 0 Å². The van der Waals surface area contributed by atoms with Gasteiger partial charge in [0.05, 0.1) is 35.4 Å².